The molecule has 1 N–H and O–H groups in total. The summed E-state index contributed by atoms with van der Waals surface area (Å²) in [4.78, 5) is 11.8. The second-order valence-corrected chi connectivity index (χ2v) is 4.87. The van der Waals surface area contributed by atoms with Gasteiger partial charge in [-0.1, -0.05) is 42.5 Å². The van der Waals surface area contributed by atoms with E-state index in [-0.39, 0.29) is 11.8 Å². The molecule has 2 aromatic rings. The number of rotatable bonds is 5. The monoisotopic (exact) mass is 253 g/mol. The van der Waals surface area contributed by atoms with E-state index in [9.17, 15) is 4.79 Å². The number of hydrogen-bond donors (Lipinski definition) is 1. The molecule has 0 radical (unpaired) electrons. The fourth-order valence-electron chi connectivity index (χ4n) is 2.08. The second kappa shape index (κ2) is 6.19. The van der Waals surface area contributed by atoms with E-state index < -0.39 is 0 Å². The van der Waals surface area contributed by atoms with Crippen LogP contribution in [0.2, 0.25) is 0 Å². The van der Waals surface area contributed by atoms with Gasteiger partial charge in [0.2, 0.25) is 0 Å². The molecule has 1 unspecified atom stereocenters. The van der Waals surface area contributed by atoms with Gasteiger partial charge in [0.05, 0.1) is 6.04 Å². The van der Waals surface area contributed by atoms with Gasteiger partial charge in [-0.3, -0.25) is 4.79 Å². The molecular formula is C17H19NO. The summed E-state index contributed by atoms with van der Waals surface area (Å²) in [5.74, 6) is 0.158. The summed E-state index contributed by atoms with van der Waals surface area (Å²) in [7, 11) is 0. The first kappa shape index (κ1) is 13.3. The fourth-order valence-corrected chi connectivity index (χ4v) is 2.08. The van der Waals surface area contributed by atoms with Crippen molar-refractivity contribution in [3.63, 3.8) is 0 Å². The largest absolute Gasteiger partial charge is 0.375 e. The summed E-state index contributed by atoms with van der Waals surface area (Å²) in [5.41, 5.74) is 3.35. The number of anilines is 1. The number of carbonyl (C=O) groups is 1. The van der Waals surface area contributed by atoms with Crippen molar-refractivity contribution < 1.29 is 4.79 Å². The van der Waals surface area contributed by atoms with Gasteiger partial charge in [0.15, 0.2) is 5.78 Å². The van der Waals surface area contributed by atoms with Crippen LogP contribution in [-0.4, -0.2) is 11.8 Å². The molecule has 0 amide bonds. The lowest BCUT2D eigenvalue weighted by molar-refractivity contribution is -0.117. The minimum Gasteiger partial charge on any atom is -0.375 e. The lowest BCUT2D eigenvalue weighted by atomic mass is 10.0. The van der Waals surface area contributed by atoms with Gasteiger partial charge < -0.3 is 5.32 Å². The Morgan fingerprint density at radius 3 is 2.47 bits per heavy atom. The number of carbonyl (C=O) groups excluding carboxylic acids is 1. The smallest absolute Gasteiger partial charge is 0.152 e. The van der Waals surface area contributed by atoms with Crippen molar-refractivity contribution in [1.82, 2.24) is 0 Å². The van der Waals surface area contributed by atoms with Crippen molar-refractivity contribution in [2.45, 2.75) is 26.3 Å². The van der Waals surface area contributed by atoms with Crippen LogP contribution in [0.5, 0.6) is 0 Å². The molecular weight excluding hydrogens is 234 g/mol. The molecule has 0 aliphatic carbocycles. The number of benzene rings is 2. The van der Waals surface area contributed by atoms with E-state index in [0.29, 0.717) is 6.42 Å². The molecule has 0 bridgehead atoms. The first-order chi connectivity index (χ1) is 9.15. The summed E-state index contributed by atoms with van der Waals surface area (Å²) in [6, 6.07) is 18.0. The van der Waals surface area contributed by atoms with Gasteiger partial charge in [0.25, 0.3) is 0 Å². The van der Waals surface area contributed by atoms with Crippen LogP contribution in [0.25, 0.3) is 0 Å². The van der Waals surface area contributed by atoms with E-state index in [1.54, 1.807) is 6.92 Å². The van der Waals surface area contributed by atoms with E-state index >= 15 is 0 Å². The summed E-state index contributed by atoms with van der Waals surface area (Å²) >= 11 is 0. The minimum absolute atomic E-state index is 0.158. The predicted octanol–water partition coefficient (Wildman–Crippen LogP) is 3.61. The fraction of sp³-hybridized carbons (Fsp3) is 0.235. The maximum absolute atomic E-state index is 11.8. The predicted molar refractivity (Wildman–Crippen MR) is 79.4 cm³/mol. The van der Waals surface area contributed by atoms with Gasteiger partial charge >= 0.3 is 0 Å². The van der Waals surface area contributed by atoms with E-state index in [1.807, 2.05) is 55.5 Å². The Hall–Kier alpha value is -2.09. The third-order valence-corrected chi connectivity index (χ3v) is 3.13. The molecule has 98 valence electrons. The number of hydrogen-bond acceptors (Lipinski definition) is 2. The summed E-state index contributed by atoms with van der Waals surface area (Å²) in [5, 5.41) is 3.32. The Kier molecular flexibility index (Phi) is 4.35. The number of Topliss-reactive ketones (excluding diaryl/α,β-unsaturated/α-hetero) is 1. The van der Waals surface area contributed by atoms with E-state index in [0.717, 1.165) is 5.69 Å². The number of nitrogens with one attached hydrogen (secondary N) is 1. The topological polar surface area (TPSA) is 29.1 Å². The van der Waals surface area contributed by atoms with E-state index in [2.05, 4.69) is 11.4 Å². The minimum atomic E-state index is -0.177. The van der Waals surface area contributed by atoms with Gasteiger partial charge in [-0.2, -0.15) is 0 Å². The molecule has 2 aromatic carbocycles. The second-order valence-electron chi connectivity index (χ2n) is 4.87. The quantitative estimate of drug-likeness (QED) is 0.882. The van der Waals surface area contributed by atoms with Crippen LogP contribution in [-0.2, 0) is 11.2 Å². The molecule has 2 heteroatoms. The zero-order valence-electron chi connectivity index (χ0n) is 11.4. The molecule has 1 atom stereocenters. The zero-order chi connectivity index (χ0) is 13.7. The highest BCUT2D eigenvalue weighted by Gasteiger charge is 2.14. The Balaban J connectivity index is 2.11. The Bertz CT molecular complexity index is 548. The highest BCUT2D eigenvalue weighted by molar-refractivity contribution is 5.84. The lowest BCUT2D eigenvalue weighted by Crippen LogP contribution is -2.29. The maximum atomic E-state index is 11.8. The van der Waals surface area contributed by atoms with E-state index in [1.165, 1.54) is 11.1 Å². The highest BCUT2D eigenvalue weighted by Crippen LogP contribution is 2.14. The number of aryl methyl sites for hydroxylation is 1. The molecule has 0 fully saturated rings. The normalized spacial score (nSPS) is 11.9. The van der Waals surface area contributed by atoms with Crippen LogP contribution in [0.1, 0.15) is 18.1 Å². The van der Waals surface area contributed by atoms with Crippen LogP contribution >= 0.6 is 0 Å². The maximum Gasteiger partial charge on any atom is 0.152 e. The molecule has 2 nitrogen and oxygen atoms in total. The average molecular weight is 253 g/mol. The highest BCUT2D eigenvalue weighted by atomic mass is 16.1. The summed E-state index contributed by atoms with van der Waals surface area (Å²) in [6.45, 7) is 3.68. The average Bonchev–Trinajstić information content (AvgIpc) is 2.39. The first-order valence-electron chi connectivity index (χ1n) is 6.53. The third kappa shape index (κ3) is 3.95. The van der Waals surface area contributed by atoms with Crippen LogP contribution in [0.4, 0.5) is 5.69 Å². The molecule has 0 aliphatic heterocycles. The standard InChI is InChI=1S/C17H19NO/c1-13-7-6-10-16(11-13)18-17(14(2)19)12-15-8-4-3-5-9-15/h3-11,17-18H,12H2,1-2H3. The van der Waals surface area contributed by atoms with Gasteiger partial charge in [-0.15, -0.1) is 0 Å². The Morgan fingerprint density at radius 1 is 1.11 bits per heavy atom. The zero-order valence-corrected chi connectivity index (χ0v) is 11.4. The molecule has 0 saturated carbocycles. The SMILES string of the molecule is CC(=O)C(Cc1ccccc1)Nc1cccc(C)c1. The van der Waals surface area contributed by atoms with E-state index in [4.69, 9.17) is 0 Å². The van der Waals surface area contributed by atoms with Gasteiger partial charge in [-0.05, 0) is 43.5 Å². The number of ketones is 1. The van der Waals surface area contributed by atoms with Gasteiger partial charge in [0, 0.05) is 5.69 Å². The molecule has 0 aliphatic rings. The molecule has 0 aromatic heterocycles. The van der Waals surface area contributed by atoms with Gasteiger partial charge in [-0.25, -0.2) is 0 Å². The Morgan fingerprint density at radius 2 is 1.84 bits per heavy atom. The van der Waals surface area contributed by atoms with Gasteiger partial charge in [0.1, 0.15) is 0 Å². The summed E-state index contributed by atoms with van der Waals surface area (Å²) in [6.07, 6.45) is 0.712. The van der Waals surface area contributed by atoms with Crippen molar-refractivity contribution in [2.75, 3.05) is 5.32 Å². The molecule has 0 saturated heterocycles. The third-order valence-electron chi connectivity index (χ3n) is 3.13. The molecule has 0 heterocycles. The van der Waals surface area contributed by atoms with Crippen molar-refractivity contribution >= 4 is 11.5 Å². The summed E-state index contributed by atoms with van der Waals surface area (Å²) < 4.78 is 0. The molecule has 19 heavy (non-hydrogen) atoms. The van der Waals surface area contributed by atoms with Crippen molar-refractivity contribution in [3.8, 4) is 0 Å². The lowest BCUT2D eigenvalue weighted by Gasteiger charge is -2.17. The Labute approximate surface area is 114 Å². The van der Waals surface area contributed by atoms with Crippen LogP contribution in [0, 0.1) is 6.92 Å². The van der Waals surface area contributed by atoms with Crippen molar-refractivity contribution in [2.24, 2.45) is 0 Å². The molecule has 0 spiro atoms. The first-order valence-corrected chi connectivity index (χ1v) is 6.53. The van der Waals surface area contributed by atoms with Crippen LogP contribution in [0.3, 0.4) is 0 Å². The van der Waals surface area contributed by atoms with Crippen molar-refractivity contribution in [1.29, 1.82) is 0 Å². The molecule has 2 rings (SSSR count). The van der Waals surface area contributed by atoms with Crippen LogP contribution < -0.4 is 5.32 Å². The van der Waals surface area contributed by atoms with Crippen LogP contribution in [0.15, 0.2) is 54.6 Å². The van der Waals surface area contributed by atoms with Crippen molar-refractivity contribution in [3.05, 3.63) is 65.7 Å².